The highest BCUT2D eigenvalue weighted by Crippen LogP contribution is 2.35. The zero-order chi connectivity index (χ0) is 25.8. The molecule has 1 atom stereocenters. The molecule has 4 rings (SSSR count). The summed E-state index contributed by atoms with van der Waals surface area (Å²) in [6.07, 6.45) is 0.0369. The van der Waals surface area contributed by atoms with Gasteiger partial charge in [-0.2, -0.15) is 0 Å². The van der Waals surface area contributed by atoms with Gasteiger partial charge in [0.1, 0.15) is 5.75 Å². The van der Waals surface area contributed by atoms with Gasteiger partial charge in [-0.3, -0.25) is 4.31 Å². The van der Waals surface area contributed by atoms with Crippen molar-refractivity contribution in [3.63, 3.8) is 0 Å². The number of ether oxygens (including phenoxy) is 1. The Morgan fingerprint density at radius 3 is 2.25 bits per heavy atom. The lowest BCUT2D eigenvalue weighted by atomic mass is 9.84. The minimum Gasteiger partial charge on any atom is -0.495 e. The van der Waals surface area contributed by atoms with Crippen molar-refractivity contribution in [2.24, 2.45) is 0 Å². The van der Waals surface area contributed by atoms with Gasteiger partial charge in [-0.1, -0.05) is 54.1 Å². The number of aliphatic hydroxyl groups excluding tert-OH is 1. The number of hydrogen-bond donors (Lipinski definition) is 2. The fourth-order valence-electron chi connectivity index (χ4n) is 4.58. The van der Waals surface area contributed by atoms with Crippen LogP contribution in [-0.2, 0) is 15.6 Å². The van der Waals surface area contributed by atoms with Crippen LogP contribution in [0.25, 0.3) is 0 Å². The van der Waals surface area contributed by atoms with Crippen LogP contribution in [0.2, 0.25) is 5.02 Å². The molecule has 1 aliphatic rings. The third-order valence-corrected chi connectivity index (χ3v) is 8.64. The number of rotatable bonds is 9. The predicted molar refractivity (Wildman–Crippen MR) is 141 cm³/mol. The van der Waals surface area contributed by atoms with Crippen molar-refractivity contribution in [2.75, 3.05) is 37.6 Å². The van der Waals surface area contributed by atoms with E-state index in [-0.39, 0.29) is 18.0 Å². The maximum absolute atomic E-state index is 13.6. The molecule has 0 unspecified atom stereocenters. The highest BCUT2D eigenvalue weighted by molar-refractivity contribution is 7.92. The van der Waals surface area contributed by atoms with Gasteiger partial charge in [0.2, 0.25) is 0 Å². The quantitative estimate of drug-likeness (QED) is 0.436. The Morgan fingerprint density at radius 1 is 1.00 bits per heavy atom. The minimum absolute atomic E-state index is 0.133. The topological polar surface area (TPSA) is 90.3 Å². The van der Waals surface area contributed by atoms with E-state index in [4.69, 9.17) is 16.3 Å². The molecule has 1 heterocycles. The number of nitrogens with zero attached hydrogens (tertiary/aromatic N) is 2. The maximum atomic E-state index is 13.6. The molecule has 0 amide bonds. The first-order valence-electron chi connectivity index (χ1n) is 11.8. The van der Waals surface area contributed by atoms with E-state index in [0.717, 1.165) is 5.56 Å². The Bertz CT molecular complexity index is 1250. The molecule has 3 aromatic rings. The van der Waals surface area contributed by atoms with Crippen molar-refractivity contribution in [3.8, 4) is 5.75 Å². The van der Waals surface area contributed by atoms with Gasteiger partial charge in [0, 0.05) is 24.7 Å². The van der Waals surface area contributed by atoms with Gasteiger partial charge in [0.15, 0.2) is 0 Å². The van der Waals surface area contributed by atoms with Crippen molar-refractivity contribution in [1.82, 2.24) is 4.90 Å². The number of methoxy groups -OCH3 is 1. The summed E-state index contributed by atoms with van der Waals surface area (Å²) in [4.78, 5) is 2.18. The Labute approximate surface area is 217 Å². The van der Waals surface area contributed by atoms with E-state index in [1.165, 1.54) is 23.5 Å². The molecule has 1 saturated heterocycles. The van der Waals surface area contributed by atoms with Crippen LogP contribution in [0.1, 0.15) is 18.4 Å². The van der Waals surface area contributed by atoms with E-state index in [1.807, 2.05) is 17.0 Å². The minimum atomic E-state index is -3.96. The van der Waals surface area contributed by atoms with Crippen LogP contribution >= 0.6 is 11.6 Å². The largest absolute Gasteiger partial charge is 0.495 e. The Balaban J connectivity index is 1.49. The Hall–Kier alpha value is -2.62. The van der Waals surface area contributed by atoms with Gasteiger partial charge in [-0.05, 0) is 54.8 Å². The monoisotopic (exact) mass is 530 g/mol. The molecule has 0 aliphatic carbocycles. The molecule has 7 nitrogen and oxygen atoms in total. The molecule has 192 valence electrons. The molecule has 0 spiro atoms. The second kappa shape index (κ2) is 11.2. The number of para-hydroxylation sites is 2. The lowest BCUT2D eigenvalue weighted by Gasteiger charge is -2.39. The van der Waals surface area contributed by atoms with Gasteiger partial charge < -0.3 is 19.8 Å². The average Bonchev–Trinajstić information content (AvgIpc) is 2.89. The molecule has 0 aromatic heterocycles. The fraction of sp³-hybridized carbons (Fsp3) is 0.333. The molecule has 2 N–H and O–H groups in total. The molecular formula is C27H31ClN2O5S. The van der Waals surface area contributed by atoms with E-state index in [9.17, 15) is 18.6 Å². The van der Waals surface area contributed by atoms with Crippen molar-refractivity contribution < 1.29 is 23.4 Å². The lowest BCUT2D eigenvalue weighted by Crippen LogP contribution is -2.48. The van der Waals surface area contributed by atoms with Crippen molar-refractivity contribution in [1.29, 1.82) is 0 Å². The zero-order valence-electron chi connectivity index (χ0n) is 20.1. The normalized spacial score (nSPS) is 16.9. The van der Waals surface area contributed by atoms with Crippen molar-refractivity contribution >= 4 is 27.3 Å². The van der Waals surface area contributed by atoms with E-state index in [1.54, 1.807) is 54.6 Å². The molecule has 36 heavy (non-hydrogen) atoms. The van der Waals surface area contributed by atoms with E-state index < -0.39 is 21.7 Å². The summed E-state index contributed by atoms with van der Waals surface area (Å²) >= 11 is 5.98. The SMILES string of the molecule is COc1ccccc1N(C[C@H](O)CN1CCC(O)(c2ccc(Cl)cc2)CC1)S(=O)(=O)c1ccccc1. The number of aliphatic hydroxyl groups is 2. The summed E-state index contributed by atoms with van der Waals surface area (Å²) in [7, 11) is -2.47. The first kappa shape index (κ1) is 26.4. The van der Waals surface area contributed by atoms with Crippen LogP contribution in [0, 0.1) is 0 Å². The predicted octanol–water partition coefficient (Wildman–Crippen LogP) is 3.89. The second-order valence-electron chi connectivity index (χ2n) is 9.01. The summed E-state index contributed by atoms with van der Waals surface area (Å²) in [5.41, 5.74) is 0.230. The standard InChI is InChI=1S/C27H31ClN2O5S/c1-35-26-10-6-5-9-25(26)30(36(33,34)24-7-3-2-4-8-24)20-23(31)19-29-17-15-27(32,16-18-29)21-11-13-22(28)14-12-21/h2-14,23,31-32H,15-20H2,1H3/t23-/m1/s1. The zero-order valence-corrected chi connectivity index (χ0v) is 21.7. The smallest absolute Gasteiger partial charge is 0.264 e. The summed E-state index contributed by atoms with van der Waals surface area (Å²) in [5.74, 6) is 0.398. The van der Waals surface area contributed by atoms with Crippen LogP contribution in [0.5, 0.6) is 5.75 Å². The highest BCUT2D eigenvalue weighted by atomic mass is 35.5. The maximum Gasteiger partial charge on any atom is 0.264 e. The first-order valence-corrected chi connectivity index (χ1v) is 13.6. The number of anilines is 1. The third-order valence-electron chi connectivity index (χ3n) is 6.60. The van der Waals surface area contributed by atoms with Gasteiger partial charge in [0.05, 0.1) is 35.9 Å². The number of piperidine rings is 1. The second-order valence-corrected chi connectivity index (χ2v) is 11.3. The lowest BCUT2D eigenvalue weighted by molar-refractivity contribution is -0.0335. The first-order chi connectivity index (χ1) is 17.2. The molecule has 0 radical (unpaired) electrons. The van der Waals surface area contributed by atoms with Gasteiger partial charge >= 0.3 is 0 Å². The number of hydrogen-bond acceptors (Lipinski definition) is 6. The van der Waals surface area contributed by atoms with E-state index in [2.05, 4.69) is 0 Å². The number of sulfonamides is 1. The number of benzene rings is 3. The number of β-amino-alcohol motifs (C(OH)–C–C–N with tert-alkyl or cyclic N) is 1. The fourth-order valence-corrected chi connectivity index (χ4v) is 6.24. The molecule has 1 aliphatic heterocycles. The highest BCUT2D eigenvalue weighted by Gasteiger charge is 2.35. The van der Waals surface area contributed by atoms with Crippen LogP contribution in [0.4, 0.5) is 5.69 Å². The van der Waals surface area contributed by atoms with Crippen LogP contribution in [-0.4, -0.2) is 62.9 Å². The number of halogens is 1. The van der Waals surface area contributed by atoms with E-state index in [0.29, 0.717) is 42.4 Å². The van der Waals surface area contributed by atoms with Crippen molar-refractivity contribution in [3.05, 3.63) is 89.4 Å². The van der Waals surface area contributed by atoms with Crippen LogP contribution in [0.3, 0.4) is 0 Å². The molecule has 0 saturated carbocycles. The van der Waals surface area contributed by atoms with Crippen LogP contribution in [0.15, 0.2) is 83.8 Å². The molecule has 0 bridgehead atoms. The third kappa shape index (κ3) is 5.85. The Kier molecular flexibility index (Phi) is 8.22. The summed E-state index contributed by atoms with van der Waals surface area (Å²) in [5, 5.41) is 22.8. The van der Waals surface area contributed by atoms with Gasteiger partial charge in [-0.15, -0.1) is 0 Å². The summed E-state index contributed by atoms with van der Waals surface area (Å²) in [6, 6.07) is 22.2. The van der Waals surface area contributed by atoms with E-state index >= 15 is 0 Å². The average molecular weight is 531 g/mol. The number of likely N-dealkylation sites (tertiary alicyclic amines) is 1. The molecule has 9 heteroatoms. The summed E-state index contributed by atoms with van der Waals surface area (Å²) < 4.78 is 33.8. The molecular weight excluding hydrogens is 500 g/mol. The van der Waals surface area contributed by atoms with Crippen LogP contribution < -0.4 is 9.04 Å². The summed E-state index contributed by atoms with van der Waals surface area (Å²) in [6.45, 7) is 1.26. The van der Waals surface area contributed by atoms with Crippen molar-refractivity contribution in [2.45, 2.75) is 29.4 Å². The van der Waals surface area contributed by atoms with Gasteiger partial charge in [0.25, 0.3) is 10.0 Å². The van der Waals surface area contributed by atoms with Gasteiger partial charge in [-0.25, -0.2) is 8.42 Å². The Morgan fingerprint density at radius 2 is 1.61 bits per heavy atom. The molecule has 3 aromatic carbocycles. The molecule has 1 fully saturated rings.